The number of carbonyl (C=O) groups is 1. The van der Waals surface area contributed by atoms with Crippen molar-refractivity contribution in [3.8, 4) is 0 Å². The van der Waals surface area contributed by atoms with Gasteiger partial charge in [0.05, 0.1) is 11.1 Å². The summed E-state index contributed by atoms with van der Waals surface area (Å²) >= 11 is 0. The SMILES string of the molecule is Cc1c(C(=O)O)cc(C)c2c1c(C(C)C)cn2CCCO. The molecule has 4 heteroatoms. The van der Waals surface area contributed by atoms with Crippen molar-refractivity contribution >= 4 is 16.9 Å². The first-order valence-corrected chi connectivity index (χ1v) is 7.35. The van der Waals surface area contributed by atoms with Crippen molar-refractivity contribution in [2.75, 3.05) is 6.61 Å². The fourth-order valence-corrected chi connectivity index (χ4v) is 3.00. The van der Waals surface area contributed by atoms with Gasteiger partial charge in [-0.15, -0.1) is 0 Å². The van der Waals surface area contributed by atoms with E-state index in [9.17, 15) is 9.90 Å². The molecule has 0 aliphatic heterocycles. The first kappa shape index (κ1) is 15.6. The maximum absolute atomic E-state index is 11.4. The minimum absolute atomic E-state index is 0.155. The molecular formula is C17H23NO3. The predicted octanol–water partition coefficient (Wildman–Crippen LogP) is 3.46. The Labute approximate surface area is 125 Å². The number of aryl methyl sites for hydroxylation is 3. The number of aliphatic hydroxyl groups is 1. The number of aromatic nitrogens is 1. The summed E-state index contributed by atoms with van der Waals surface area (Å²) in [6, 6.07) is 1.75. The number of fused-ring (bicyclic) bond motifs is 1. The van der Waals surface area contributed by atoms with Gasteiger partial charge in [-0.1, -0.05) is 13.8 Å². The number of aliphatic hydroxyl groups excluding tert-OH is 1. The molecule has 0 unspecified atom stereocenters. The van der Waals surface area contributed by atoms with Crippen molar-refractivity contribution in [3.05, 3.63) is 34.5 Å². The Balaban J connectivity index is 2.80. The molecule has 2 aromatic rings. The van der Waals surface area contributed by atoms with E-state index in [0.717, 1.165) is 28.6 Å². The number of aromatic carboxylic acids is 1. The van der Waals surface area contributed by atoms with Crippen LogP contribution in [0.15, 0.2) is 12.3 Å². The summed E-state index contributed by atoms with van der Waals surface area (Å²) < 4.78 is 2.15. The van der Waals surface area contributed by atoms with E-state index in [4.69, 9.17) is 5.11 Å². The molecule has 21 heavy (non-hydrogen) atoms. The molecule has 0 aliphatic carbocycles. The third-order valence-corrected chi connectivity index (χ3v) is 4.03. The fraction of sp³-hybridized carbons (Fsp3) is 0.471. The van der Waals surface area contributed by atoms with E-state index in [2.05, 4.69) is 24.6 Å². The Morgan fingerprint density at radius 1 is 1.33 bits per heavy atom. The van der Waals surface area contributed by atoms with Crippen LogP contribution in [-0.2, 0) is 6.54 Å². The number of nitrogens with zero attached hydrogens (tertiary/aromatic N) is 1. The Morgan fingerprint density at radius 3 is 2.52 bits per heavy atom. The number of benzene rings is 1. The summed E-state index contributed by atoms with van der Waals surface area (Å²) in [4.78, 5) is 11.4. The normalized spacial score (nSPS) is 11.5. The lowest BCUT2D eigenvalue weighted by Gasteiger charge is -2.11. The van der Waals surface area contributed by atoms with E-state index in [-0.39, 0.29) is 6.61 Å². The lowest BCUT2D eigenvalue weighted by molar-refractivity contribution is 0.0696. The van der Waals surface area contributed by atoms with Gasteiger partial charge in [0.25, 0.3) is 0 Å². The smallest absolute Gasteiger partial charge is 0.335 e. The molecule has 1 aromatic carbocycles. The van der Waals surface area contributed by atoms with Crippen molar-refractivity contribution in [3.63, 3.8) is 0 Å². The molecule has 0 spiro atoms. The van der Waals surface area contributed by atoms with Crippen LogP contribution in [0, 0.1) is 13.8 Å². The summed E-state index contributed by atoms with van der Waals surface area (Å²) in [5.41, 5.74) is 4.44. The molecule has 2 N–H and O–H groups in total. The molecule has 1 aromatic heterocycles. The van der Waals surface area contributed by atoms with Gasteiger partial charge in [0.15, 0.2) is 0 Å². The molecule has 2 rings (SSSR count). The minimum Gasteiger partial charge on any atom is -0.478 e. The Kier molecular flexibility index (Phi) is 4.37. The van der Waals surface area contributed by atoms with Gasteiger partial charge in [0, 0.05) is 24.7 Å². The highest BCUT2D eigenvalue weighted by molar-refractivity contribution is 6.00. The van der Waals surface area contributed by atoms with Crippen molar-refractivity contribution in [2.45, 2.75) is 46.6 Å². The van der Waals surface area contributed by atoms with Crippen molar-refractivity contribution in [1.82, 2.24) is 4.57 Å². The Hall–Kier alpha value is -1.81. The summed E-state index contributed by atoms with van der Waals surface area (Å²) in [7, 11) is 0. The predicted molar refractivity (Wildman–Crippen MR) is 84.2 cm³/mol. The molecule has 1 heterocycles. The molecule has 0 aliphatic rings. The topological polar surface area (TPSA) is 62.5 Å². The highest BCUT2D eigenvalue weighted by Crippen LogP contribution is 2.34. The summed E-state index contributed by atoms with van der Waals surface area (Å²) in [6.45, 7) is 8.97. The zero-order chi connectivity index (χ0) is 15.7. The van der Waals surface area contributed by atoms with Gasteiger partial charge < -0.3 is 14.8 Å². The molecule has 0 bridgehead atoms. The average Bonchev–Trinajstić information content (AvgIpc) is 2.80. The van der Waals surface area contributed by atoms with Crippen LogP contribution in [0.5, 0.6) is 0 Å². The standard InChI is InChI=1S/C17H23NO3/c1-10(2)14-9-18(6-5-7-19)16-11(3)8-13(17(20)21)12(4)15(14)16/h8-10,19H,5-7H2,1-4H3,(H,20,21). The van der Waals surface area contributed by atoms with Gasteiger partial charge in [-0.2, -0.15) is 0 Å². The zero-order valence-corrected chi connectivity index (χ0v) is 13.1. The van der Waals surface area contributed by atoms with Gasteiger partial charge in [0.1, 0.15) is 0 Å². The van der Waals surface area contributed by atoms with Gasteiger partial charge in [0.2, 0.25) is 0 Å². The van der Waals surface area contributed by atoms with Gasteiger partial charge in [-0.05, 0) is 48.9 Å². The summed E-state index contributed by atoms with van der Waals surface area (Å²) in [5, 5.41) is 19.5. The van der Waals surface area contributed by atoms with Crippen LogP contribution in [0.3, 0.4) is 0 Å². The summed E-state index contributed by atoms with van der Waals surface area (Å²) in [6.07, 6.45) is 2.80. The Morgan fingerprint density at radius 2 is 2.00 bits per heavy atom. The van der Waals surface area contributed by atoms with E-state index in [1.165, 1.54) is 5.56 Å². The first-order chi connectivity index (χ1) is 9.88. The fourth-order valence-electron chi connectivity index (χ4n) is 3.00. The van der Waals surface area contributed by atoms with E-state index >= 15 is 0 Å². The largest absolute Gasteiger partial charge is 0.478 e. The van der Waals surface area contributed by atoms with Gasteiger partial charge in [-0.3, -0.25) is 0 Å². The molecular weight excluding hydrogens is 266 g/mol. The number of carboxylic acid groups (broad SMARTS) is 1. The van der Waals surface area contributed by atoms with Crippen molar-refractivity contribution in [1.29, 1.82) is 0 Å². The second-order valence-corrected chi connectivity index (χ2v) is 5.90. The van der Waals surface area contributed by atoms with Crippen LogP contribution in [0.1, 0.15) is 53.2 Å². The number of hydrogen-bond acceptors (Lipinski definition) is 2. The molecule has 0 amide bonds. The molecule has 0 atom stereocenters. The number of hydrogen-bond donors (Lipinski definition) is 2. The third-order valence-electron chi connectivity index (χ3n) is 4.03. The van der Waals surface area contributed by atoms with Crippen LogP contribution < -0.4 is 0 Å². The van der Waals surface area contributed by atoms with Crippen LogP contribution >= 0.6 is 0 Å². The second-order valence-electron chi connectivity index (χ2n) is 5.90. The van der Waals surface area contributed by atoms with E-state index in [1.54, 1.807) is 6.07 Å². The van der Waals surface area contributed by atoms with Gasteiger partial charge in [-0.25, -0.2) is 4.79 Å². The number of rotatable bonds is 5. The molecule has 0 saturated heterocycles. The van der Waals surface area contributed by atoms with Crippen LogP contribution in [0.25, 0.3) is 10.9 Å². The van der Waals surface area contributed by atoms with E-state index in [0.29, 0.717) is 17.9 Å². The zero-order valence-electron chi connectivity index (χ0n) is 13.1. The quantitative estimate of drug-likeness (QED) is 0.886. The molecule has 4 nitrogen and oxygen atoms in total. The molecule has 0 radical (unpaired) electrons. The molecule has 0 fully saturated rings. The van der Waals surface area contributed by atoms with Crippen LogP contribution in [-0.4, -0.2) is 27.4 Å². The lowest BCUT2D eigenvalue weighted by Crippen LogP contribution is -2.04. The van der Waals surface area contributed by atoms with Crippen molar-refractivity contribution in [2.24, 2.45) is 0 Å². The van der Waals surface area contributed by atoms with Gasteiger partial charge >= 0.3 is 5.97 Å². The molecule has 114 valence electrons. The van der Waals surface area contributed by atoms with E-state index in [1.807, 2.05) is 13.8 Å². The summed E-state index contributed by atoms with van der Waals surface area (Å²) in [5.74, 6) is -0.555. The second kappa shape index (κ2) is 5.90. The lowest BCUT2D eigenvalue weighted by atomic mass is 9.94. The number of carboxylic acids is 1. The first-order valence-electron chi connectivity index (χ1n) is 7.35. The highest BCUT2D eigenvalue weighted by Gasteiger charge is 2.20. The minimum atomic E-state index is -0.879. The van der Waals surface area contributed by atoms with E-state index < -0.39 is 5.97 Å². The highest BCUT2D eigenvalue weighted by atomic mass is 16.4. The third kappa shape index (κ3) is 2.68. The Bertz CT molecular complexity index is 683. The maximum atomic E-state index is 11.4. The maximum Gasteiger partial charge on any atom is 0.335 e. The van der Waals surface area contributed by atoms with Crippen LogP contribution in [0.4, 0.5) is 0 Å². The van der Waals surface area contributed by atoms with Crippen molar-refractivity contribution < 1.29 is 15.0 Å². The monoisotopic (exact) mass is 289 g/mol. The molecule has 0 saturated carbocycles. The van der Waals surface area contributed by atoms with Crippen LogP contribution in [0.2, 0.25) is 0 Å². The average molecular weight is 289 g/mol.